The Hall–Kier alpha value is -0.0800. The van der Waals surface area contributed by atoms with Gasteiger partial charge in [0.25, 0.3) is 0 Å². The van der Waals surface area contributed by atoms with Crippen LogP contribution in [0.5, 0.6) is 0 Å². The Morgan fingerprint density at radius 3 is 2.27 bits per heavy atom. The fourth-order valence-electron chi connectivity index (χ4n) is 1.11. The lowest BCUT2D eigenvalue weighted by molar-refractivity contribution is -0.248. The average molecular weight is 158 g/mol. The number of rotatable bonds is 0. The minimum absolute atomic E-state index is 0.0220. The van der Waals surface area contributed by atoms with Crippen LogP contribution in [0.4, 0.5) is 0 Å². The van der Waals surface area contributed by atoms with Crippen LogP contribution in [-0.2, 0) is 9.47 Å². The molecule has 1 fully saturated rings. The van der Waals surface area contributed by atoms with Crippen molar-refractivity contribution in [2.24, 2.45) is 5.41 Å². The van der Waals surface area contributed by atoms with Crippen molar-refractivity contribution in [2.75, 3.05) is 6.61 Å². The molecule has 0 N–H and O–H groups in total. The molecule has 1 aliphatic rings. The van der Waals surface area contributed by atoms with Gasteiger partial charge in [-0.25, -0.2) is 0 Å². The lowest BCUT2D eigenvalue weighted by Gasteiger charge is -2.36. The van der Waals surface area contributed by atoms with Crippen molar-refractivity contribution in [3.05, 3.63) is 0 Å². The number of hydrogen-bond acceptors (Lipinski definition) is 2. The first-order valence-corrected chi connectivity index (χ1v) is 4.27. The molecule has 1 rings (SSSR count). The van der Waals surface area contributed by atoms with Gasteiger partial charge in [0.1, 0.15) is 0 Å². The molecule has 0 bridgehead atoms. The molecule has 11 heavy (non-hydrogen) atoms. The Bertz CT molecular complexity index is 126. The van der Waals surface area contributed by atoms with E-state index in [1.54, 1.807) is 0 Å². The molecule has 0 radical (unpaired) electrons. The van der Waals surface area contributed by atoms with E-state index in [1.807, 2.05) is 0 Å². The summed E-state index contributed by atoms with van der Waals surface area (Å²) in [6.45, 7) is 9.34. The fourth-order valence-corrected chi connectivity index (χ4v) is 1.11. The lowest BCUT2D eigenvalue weighted by atomic mass is 9.95. The van der Waals surface area contributed by atoms with Crippen molar-refractivity contribution in [2.45, 2.75) is 46.5 Å². The van der Waals surface area contributed by atoms with Crippen LogP contribution < -0.4 is 0 Å². The van der Waals surface area contributed by atoms with E-state index >= 15 is 0 Å². The highest BCUT2D eigenvalue weighted by Crippen LogP contribution is 2.27. The molecule has 0 aromatic rings. The molecule has 1 saturated heterocycles. The Morgan fingerprint density at radius 1 is 1.27 bits per heavy atom. The van der Waals surface area contributed by atoms with Crippen LogP contribution in [0.3, 0.4) is 0 Å². The van der Waals surface area contributed by atoms with E-state index in [0.717, 1.165) is 13.0 Å². The summed E-state index contributed by atoms with van der Waals surface area (Å²) in [6, 6.07) is 0. The van der Waals surface area contributed by atoms with Gasteiger partial charge in [0.05, 0.1) is 12.7 Å². The van der Waals surface area contributed by atoms with Gasteiger partial charge in [-0.05, 0) is 13.3 Å². The maximum absolute atomic E-state index is 5.63. The molecule has 0 aromatic carbocycles. The zero-order valence-electron chi connectivity index (χ0n) is 7.89. The molecule has 1 aliphatic heterocycles. The summed E-state index contributed by atoms with van der Waals surface area (Å²) in [4.78, 5) is 0. The Balaban J connectivity index is 2.46. The van der Waals surface area contributed by atoms with Crippen molar-refractivity contribution in [3.63, 3.8) is 0 Å². The predicted molar refractivity (Wildman–Crippen MR) is 44.4 cm³/mol. The molecular formula is C9H18O2. The van der Waals surface area contributed by atoms with Gasteiger partial charge in [-0.2, -0.15) is 0 Å². The summed E-state index contributed by atoms with van der Waals surface area (Å²) in [7, 11) is 0. The lowest BCUT2D eigenvalue weighted by Crippen LogP contribution is -2.39. The van der Waals surface area contributed by atoms with E-state index in [2.05, 4.69) is 27.7 Å². The molecule has 66 valence electrons. The Labute approximate surface area is 68.9 Å². The van der Waals surface area contributed by atoms with Crippen LogP contribution in [0.2, 0.25) is 0 Å². The van der Waals surface area contributed by atoms with Gasteiger partial charge in [0.2, 0.25) is 0 Å². The normalized spacial score (nSPS) is 33.8. The molecule has 2 nitrogen and oxygen atoms in total. The quantitative estimate of drug-likeness (QED) is 0.538. The first-order valence-electron chi connectivity index (χ1n) is 4.27. The SMILES string of the molecule is CC1CCOC(C(C)(C)C)O1. The summed E-state index contributed by atoms with van der Waals surface area (Å²) < 4.78 is 11.1. The second-order valence-corrected chi connectivity index (χ2v) is 4.30. The molecule has 0 saturated carbocycles. The molecule has 0 spiro atoms. The topological polar surface area (TPSA) is 18.5 Å². The molecule has 2 heteroatoms. The van der Waals surface area contributed by atoms with Crippen LogP contribution >= 0.6 is 0 Å². The largest absolute Gasteiger partial charge is 0.352 e. The van der Waals surface area contributed by atoms with Crippen LogP contribution in [-0.4, -0.2) is 19.0 Å². The summed E-state index contributed by atoms with van der Waals surface area (Å²) >= 11 is 0. The summed E-state index contributed by atoms with van der Waals surface area (Å²) in [5, 5.41) is 0. The molecule has 0 aliphatic carbocycles. The fraction of sp³-hybridized carbons (Fsp3) is 1.00. The van der Waals surface area contributed by atoms with Crippen LogP contribution in [0.15, 0.2) is 0 Å². The van der Waals surface area contributed by atoms with Crippen LogP contribution in [0, 0.1) is 5.41 Å². The highest BCUT2D eigenvalue weighted by Gasteiger charge is 2.30. The third kappa shape index (κ3) is 2.46. The second-order valence-electron chi connectivity index (χ2n) is 4.30. The molecule has 1 heterocycles. The van der Waals surface area contributed by atoms with E-state index in [0.29, 0.717) is 6.10 Å². The standard InChI is InChI=1S/C9H18O2/c1-7-5-6-10-8(11-7)9(2,3)4/h7-8H,5-6H2,1-4H3. The van der Waals surface area contributed by atoms with Gasteiger partial charge >= 0.3 is 0 Å². The number of ether oxygens (including phenoxy) is 2. The van der Waals surface area contributed by atoms with Gasteiger partial charge in [0.15, 0.2) is 6.29 Å². The van der Waals surface area contributed by atoms with E-state index < -0.39 is 0 Å². The second kappa shape index (κ2) is 3.11. The molecule has 0 aromatic heterocycles. The summed E-state index contributed by atoms with van der Waals surface area (Å²) in [6.07, 6.45) is 1.35. The van der Waals surface area contributed by atoms with Gasteiger partial charge in [-0.15, -0.1) is 0 Å². The van der Waals surface area contributed by atoms with E-state index in [1.165, 1.54) is 0 Å². The zero-order valence-corrected chi connectivity index (χ0v) is 7.89. The number of hydrogen-bond donors (Lipinski definition) is 0. The van der Waals surface area contributed by atoms with Gasteiger partial charge < -0.3 is 9.47 Å². The first-order chi connectivity index (χ1) is 5.00. The molecular weight excluding hydrogens is 140 g/mol. The maximum atomic E-state index is 5.63. The van der Waals surface area contributed by atoms with E-state index in [-0.39, 0.29) is 11.7 Å². The minimum Gasteiger partial charge on any atom is -0.352 e. The monoisotopic (exact) mass is 158 g/mol. The Kier molecular flexibility index (Phi) is 2.55. The zero-order chi connectivity index (χ0) is 8.48. The van der Waals surface area contributed by atoms with Crippen molar-refractivity contribution < 1.29 is 9.47 Å². The highest BCUT2D eigenvalue weighted by molar-refractivity contribution is 4.70. The van der Waals surface area contributed by atoms with Crippen LogP contribution in [0.25, 0.3) is 0 Å². The smallest absolute Gasteiger partial charge is 0.162 e. The maximum Gasteiger partial charge on any atom is 0.162 e. The van der Waals surface area contributed by atoms with Gasteiger partial charge in [-0.1, -0.05) is 20.8 Å². The molecule has 2 atom stereocenters. The van der Waals surface area contributed by atoms with Crippen molar-refractivity contribution >= 4 is 0 Å². The third-order valence-electron chi connectivity index (χ3n) is 1.86. The van der Waals surface area contributed by atoms with Crippen molar-refractivity contribution in [1.82, 2.24) is 0 Å². The third-order valence-corrected chi connectivity index (χ3v) is 1.86. The van der Waals surface area contributed by atoms with E-state index in [9.17, 15) is 0 Å². The summed E-state index contributed by atoms with van der Waals surface area (Å²) in [5.74, 6) is 0. The molecule has 0 amide bonds. The van der Waals surface area contributed by atoms with Crippen LogP contribution in [0.1, 0.15) is 34.1 Å². The highest BCUT2D eigenvalue weighted by atomic mass is 16.7. The minimum atomic E-state index is -0.0220. The Morgan fingerprint density at radius 2 is 1.91 bits per heavy atom. The van der Waals surface area contributed by atoms with E-state index in [4.69, 9.17) is 9.47 Å². The van der Waals surface area contributed by atoms with Gasteiger partial charge in [-0.3, -0.25) is 0 Å². The van der Waals surface area contributed by atoms with Crippen molar-refractivity contribution in [3.8, 4) is 0 Å². The van der Waals surface area contributed by atoms with Crippen molar-refractivity contribution in [1.29, 1.82) is 0 Å². The average Bonchev–Trinajstić information content (AvgIpc) is 1.86. The summed E-state index contributed by atoms with van der Waals surface area (Å²) in [5.41, 5.74) is 0.106. The predicted octanol–water partition coefficient (Wildman–Crippen LogP) is 2.18. The molecule has 2 unspecified atom stereocenters. The van der Waals surface area contributed by atoms with Gasteiger partial charge in [0, 0.05) is 5.41 Å². The first kappa shape index (κ1) is 9.01.